The molecular weight excluding hydrogens is 374 g/mol. The molecule has 1 aromatic carbocycles. The highest BCUT2D eigenvalue weighted by molar-refractivity contribution is 5.85. The predicted octanol–water partition coefficient (Wildman–Crippen LogP) is 3.58. The molecule has 1 saturated carbocycles. The third kappa shape index (κ3) is 3.46. The fourth-order valence-corrected chi connectivity index (χ4v) is 4.89. The Hall–Kier alpha value is -2.61. The maximum atomic E-state index is 14.8. The van der Waals surface area contributed by atoms with Crippen LogP contribution in [0.1, 0.15) is 24.0 Å². The van der Waals surface area contributed by atoms with Crippen LogP contribution in [0.25, 0.3) is 11.0 Å². The summed E-state index contributed by atoms with van der Waals surface area (Å²) in [7, 11) is 0. The number of nitrogens with zero attached hydrogens (tertiary/aromatic N) is 4. The minimum atomic E-state index is -2.84. The van der Waals surface area contributed by atoms with Crippen molar-refractivity contribution in [3.05, 3.63) is 47.9 Å². The molecule has 0 bridgehead atoms. The number of anilines is 1. The molecule has 0 unspecified atom stereocenters. The molecule has 0 radical (unpaired) electrons. The summed E-state index contributed by atoms with van der Waals surface area (Å²) in [5.41, 5.74) is 1.78. The number of halogens is 2. The number of alkyl halides is 2. The van der Waals surface area contributed by atoms with E-state index in [1.807, 2.05) is 11.8 Å². The van der Waals surface area contributed by atoms with Gasteiger partial charge in [0.1, 0.15) is 12.1 Å². The van der Waals surface area contributed by atoms with Crippen molar-refractivity contribution >= 4 is 16.9 Å². The first-order chi connectivity index (χ1) is 14.0. The summed E-state index contributed by atoms with van der Waals surface area (Å²) >= 11 is 0. The maximum absolute atomic E-state index is 14.8. The zero-order valence-corrected chi connectivity index (χ0v) is 16.3. The number of rotatable bonds is 5. The molecule has 3 aromatic rings. The van der Waals surface area contributed by atoms with E-state index in [0.717, 1.165) is 36.2 Å². The van der Waals surface area contributed by atoms with Gasteiger partial charge in [0.2, 0.25) is 0 Å². The Kier molecular flexibility index (Phi) is 4.46. The predicted molar refractivity (Wildman–Crippen MR) is 107 cm³/mol. The number of nitrogens with one attached hydrogen (secondary N) is 2. The van der Waals surface area contributed by atoms with Gasteiger partial charge < -0.3 is 5.32 Å². The number of aryl methyl sites for hydroxylation is 1. The average Bonchev–Trinajstić information content (AvgIpc) is 3.39. The lowest BCUT2D eigenvalue weighted by atomic mass is 9.98. The van der Waals surface area contributed by atoms with E-state index in [2.05, 4.69) is 25.5 Å². The first-order valence-corrected chi connectivity index (χ1v) is 10.1. The Morgan fingerprint density at radius 1 is 1.17 bits per heavy atom. The summed E-state index contributed by atoms with van der Waals surface area (Å²) in [4.78, 5) is 10.5. The molecule has 6 nitrogen and oxygen atoms in total. The van der Waals surface area contributed by atoms with Crippen molar-refractivity contribution in [3.63, 3.8) is 0 Å². The maximum Gasteiger partial charge on any atom is 0.285 e. The van der Waals surface area contributed by atoms with Crippen LogP contribution in [0.5, 0.6) is 0 Å². The highest BCUT2D eigenvalue weighted by atomic mass is 19.3. The summed E-state index contributed by atoms with van der Waals surface area (Å²) < 4.78 is 29.6. The fraction of sp³-hybridized carbons (Fsp3) is 0.476. The number of aromatic amines is 1. The van der Waals surface area contributed by atoms with Crippen molar-refractivity contribution in [2.75, 3.05) is 25.0 Å². The molecule has 1 aliphatic heterocycles. The van der Waals surface area contributed by atoms with E-state index < -0.39 is 5.92 Å². The van der Waals surface area contributed by atoms with Gasteiger partial charge >= 0.3 is 0 Å². The number of likely N-dealkylation sites (tertiary alicyclic amines) is 1. The Morgan fingerprint density at radius 3 is 2.83 bits per heavy atom. The summed E-state index contributed by atoms with van der Waals surface area (Å²) in [6, 6.07) is 6.82. The highest BCUT2D eigenvalue weighted by Gasteiger charge is 2.45. The number of fused-ring (bicyclic) bond motifs is 2. The van der Waals surface area contributed by atoms with Gasteiger partial charge in [-0.3, -0.25) is 10.00 Å². The first-order valence-electron chi connectivity index (χ1n) is 10.1. The fourth-order valence-electron chi connectivity index (χ4n) is 4.89. The van der Waals surface area contributed by atoms with Crippen LogP contribution in [-0.4, -0.2) is 50.7 Å². The zero-order valence-electron chi connectivity index (χ0n) is 16.3. The van der Waals surface area contributed by atoms with E-state index >= 15 is 0 Å². The molecule has 0 spiro atoms. The number of aromatic nitrogens is 4. The second-order valence-electron chi connectivity index (χ2n) is 8.37. The highest BCUT2D eigenvalue weighted by Crippen LogP contribution is 2.41. The molecule has 2 aromatic heterocycles. The van der Waals surface area contributed by atoms with Crippen molar-refractivity contribution in [1.29, 1.82) is 0 Å². The average molecular weight is 398 g/mol. The molecule has 8 heteroatoms. The van der Waals surface area contributed by atoms with E-state index in [4.69, 9.17) is 0 Å². The lowest BCUT2D eigenvalue weighted by Crippen LogP contribution is -2.36. The van der Waals surface area contributed by atoms with Crippen LogP contribution in [0.4, 0.5) is 14.6 Å². The van der Waals surface area contributed by atoms with Crippen molar-refractivity contribution in [3.8, 4) is 0 Å². The monoisotopic (exact) mass is 398 g/mol. The van der Waals surface area contributed by atoms with Gasteiger partial charge in [0.15, 0.2) is 5.65 Å². The first kappa shape index (κ1) is 18.4. The van der Waals surface area contributed by atoms with Crippen LogP contribution in [0.2, 0.25) is 0 Å². The molecule has 152 valence electrons. The van der Waals surface area contributed by atoms with Crippen LogP contribution in [0, 0.1) is 18.8 Å². The van der Waals surface area contributed by atoms with Gasteiger partial charge in [0, 0.05) is 24.7 Å². The minimum absolute atomic E-state index is 0.0955. The van der Waals surface area contributed by atoms with E-state index in [0.29, 0.717) is 24.0 Å². The van der Waals surface area contributed by atoms with Crippen molar-refractivity contribution in [2.45, 2.75) is 31.7 Å². The molecule has 3 atom stereocenters. The van der Waals surface area contributed by atoms with Crippen molar-refractivity contribution < 1.29 is 8.78 Å². The number of H-pyrrole nitrogens is 1. The van der Waals surface area contributed by atoms with Crippen LogP contribution < -0.4 is 5.32 Å². The normalized spacial score (nSPS) is 24.9. The second-order valence-corrected chi connectivity index (χ2v) is 8.37. The van der Waals surface area contributed by atoms with Gasteiger partial charge in [-0.1, -0.05) is 29.8 Å². The summed E-state index contributed by atoms with van der Waals surface area (Å²) in [5.74, 6) is -1.29. The van der Waals surface area contributed by atoms with Crippen LogP contribution in [-0.2, 0) is 5.92 Å². The van der Waals surface area contributed by atoms with Crippen LogP contribution in [0.3, 0.4) is 0 Å². The molecule has 2 aliphatic rings. The summed E-state index contributed by atoms with van der Waals surface area (Å²) in [6.45, 7) is 3.10. The topological polar surface area (TPSA) is 69.7 Å². The van der Waals surface area contributed by atoms with Gasteiger partial charge in [-0.25, -0.2) is 9.97 Å². The standard InChI is InChI=1S/C21H24F2N6/c1-13-2-5-15(6-3-13)21(22,23)11-29-9-14-4-7-18(17(14)10-29)27-19-16-8-26-28-20(16)25-12-24-19/h2-3,5-6,8,12,14,17-18H,4,7,9-11H2,1H3,(H2,24,25,26,27,28)/t14-,17+,18+/m0/s1. The molecule has 1 saturated heterocycles. The van der Waals surface area contributed by atoms with Crippen molar-refractivity contribution in [1.82, 2.24) is 25.1 Å². The smallest absolute Gasteiger partial charge is 0.285 e. The van der Waals surface area contributed by atoms with Crippen LogP contribution in [0.15, 0.2) is 36.8 Å². The second kappa shape index (κ2) is 7.02. The number of hydrogen-bond donors (Lipinski definition) is 2. The molecule has 2 N–H and O–H groups in total. The number of hydrogen-bond acceptors (Lipinski definition) is 5. The summed E-state index contributed by atoms with van der Waals surface area (Å²) in [5, 5.41) is 11.3. The van der Waals surface area contributed by atoms with Gasteiger partial charge in [-0.2, -0.15) is 13.9 Å². The lowest BCUT2D eigenvalue weighted by molar-refractivity contribution is -0.0344. The van der Waals surface area contributed by atoms with E-state index in [9.17, 15) is 8.78 Å². The van der Waals surface area contributed by atoms with E-state index in [-0.39, 0.29) is 18.2 Å². The Labute approximate surface area is 167 Å². The third-order valence-corrected chi connectivity index (χ3v) is 6.40. The van der Waals surface area contributed by atoms with Gasteiger partial charge in [-0.05, 0) is 31.6 Å². The molecule has 0 amide bonds. The number of benzene rings is 1. The molecule has 2 fully saturated rings. The lowest BCUT2D eigenvalue weighted by Gasteiger charge is -2.26. The van der Waals surface area contributed by atoms with Gasteiger partial charge in [0.25, 0.3) is 5.92 Å². The molecular formula is C21H24F2N6. The SMILES string of the molecule is Cc1ccc(C(F)(F)CN2C[C@@H]3CC[C@@H](Nc4ncnc5[nH]ncc45)[C@@H]3C2)cc1. The van der Waals surface area contributed by atoms with E-state index in [1.54, 1.807) is 30.5 Å². The van der Waals surface area contributed by atoms with Gasteiger partial charge in [-0.15, -0.1) is 0 Å². The quantitative estimate of drug-likeness (QED) is 0.688. The van der Waals surface area contributed by atoms with E-state index in [1.165, 1.54) is 6.33 Å². The molecule has 5 rings (SSSR count). The summed E-state index contributed by atoms with van der Waals surface area (Å²) in [6.07, 6.45) is 5.31. The Balaban J connectivity index is 1.27. The minimum Gasteiger partial charge on any atom is -0.366 e. The van der Waals surface area contributed by atoms with Crippen molar-refractivity contribution in [2.24, 2.45) is 11.8 Å². The zero-order chi connectivity index (χ0) is 20.0. The Bertz CT molecular complexity index is 1000. The van der Waals surface area contributed by atoms with Crippen LogP contribution >= 0.6 is 0 Å². The molecule has 29 heavy (non-hydrogen) atoms. The van der Waals surface area contributed by atoms with Gasteiger partial charge in [0.05, 0.1) is 18.1 Å². The molecule has 3 heterocycles. The Morgan fingerprint density at radius 2 is 2.00 bits per heavy atom. The molecule has 1 aliphatic carbocycles. The third-order valence-electron chi connectivity index (χ3n) is 6.40. The largest absolute Gasteiger partial charge is 0.366 e.